The molecule has 0 bridgehead atoms. The molecular weight excluding hydrogens is 138 g/mol. The van der Waals surface area contributed by atoms with Gasteiger partial charge in [-0.1, -0.05) is 0 Å². The third-order valence-electron chi connectivity index (χ3n) is 3.05. The summed E-state index contributed by atoms with van der Waals surface area (Å²) in [6.07, 6.45) is 1.46. The number of hydrogen-bond acceptors (Lipinski definition) is 2. The standard InChI is InChI=1S/C9H17NO/c1-3-11-6-9-8-4-7(8)5-10(9)2/h7-9H,3-6H2,1-2H3. The fourth-order valence-corrected chi connectivity index (χ4v) is 2.27. The second-order valence-electron chi connectivity index (χ2n) is 3.83. The van der Waals surface area contributed by atoms with Crippen LogP contribution >= 0.6 is 0 Å². The lowest BCUT2D eigenvalue weighted by Gasteiger charge is -2.22. The number of piperidine rings is 1. The molecule has 0 aromatic rings. The van der Waals surface area contributed by atoms with E-state index < -0.39 is 0 Å². The Hall–Kier alpha value is -0.0800. The van der Waals surface area contributed by atoms with Crippen LogP contribution in [0.25, 0.3) is 0 Å². The van der Waals surface area contributed by atoms with Gasteiger partial charge in [0.15, 0.2) is 0 Å². The lowest BCUT2D eigenvalue weighted by atomic mass is 10.2. The fraction of sp³-hybridized carbons (Fsp3) is 1.00. The highest BCUT2D eigenvalue weighted by molar-refractivity contribution is 5.02. The predicted octanol–water partition coefficient (Wildman–Crippen LogP) is 0.973. The Bertz CT molecular complexity index is 146. The van der Waals surface area contributed by atoms with Crippen molar-refractivity contribution in [3.8, 4) is 0 Å². The van der Waals surface area contributed by atoms with Crippen LogP contribution in [0.3, 0.4) is 0 Å². The minimum Gasteiger partial charge on any atom is -0.380 e. The number of fused-ring (bicyclic) bond motifs is 1. The summed E-state index contributed by atoms with van der Waals surface area (Å²) in [6, 6.07) is 0.736. The molecule has 1 saturated carbocycles. The molecule has 0 N–H and O–H groups in total. The predicted molar refractivity (Wildman–Crippen MR) is 44.5 cm³/mol. The van der Waals surface area contributed by atoms with E-state index in [1.807, 2.05) is 0 Å². The van der Waals surface area contributed by atoms with Crippen molar-refractivity contribution in [1.29, 1.82) is 0 Å². The number of likely N-dealkylation sites (tertiary alicyclic amines) is 1. The molecule has 3 atom stereocenters. The van der Waals surface area contributed by atoms with Crippen LogP contribution in [0.5, 0.6) is 0 Å². The molecule has 2 aliphatic rings. The van der Waals surface area contributed by atoms with Crippen LogP contribution in [0.2, 0.25) is 0 Å². The Kier molecular flexibility index (Phi) is 1.90. The molecule has 1 saturated heterocycles. The molecule has 2 heteroatoms. The first-order chi connectivity index (χ1) is 5.33. The maximum Gasteiger partial charge on any atom is 0.0624 e. The average molecular weight is 155 g/mol. The monoisotopic (exact) mass is 155 g/mol. The van der Waals surface area contributed by atoms with E-state index in [9.17, 15) is 0 Å². The van der Waals surface area contributed by atoms with E-state index in [2.05, 4.69) is 18.9 Å². The van der Waals surface area contributed by atoms with Gasteiger partial charge in [0.25, 0.3) is 0 Å². The zero-order valence-electron chi connectivity index (χ0n) is 7.42. The van der Waals surface area contributed by atoms with Crippen molar-refractivity contribution in [2.24, 2.45) is 11.8 Å². The first-order valence-corrected chi connectivity index (χ1v) is 4.61. The second kappa shape index (κ2) is 2.76. The molecule has 2 nitrogen and oxygen atoms in total. The van der Waals surface area contributed by atoms with Crippen LogP contribution in [-0.2, 0) is 4.74 Å². The van der Waals surface area contributed by atoms with E-state index in [0.29, 0.717) is 0 Å². The minimum absolute atomic E-state index is 0.736. The summed E-state index contributed by atoms with van der Waals surface area (Å²) in [6.45, 7) is 5.19. The van der Waals surface area contributed by atoms with E-state index in [-0.39, 0.29) is 0 Å². The van der Waals surface area contributed by atoms with Gasteiger partial charge in [0, 0.05) is 19.2 Å². The summed E-state index contributed by atoms with van der Waals surface area (Å²) in [5.41, 5.74) is 0. The maximum absolute atomic E-state index is 5.44. The molecule has 1 aliphatic heterocycles. The molecule has 0 spiro atoms. The van der Waals surface area contributed by atoms with E-state index in [4.69, 9.17) is 4.74 Å². The highest BCUT2D eigenvalue weighted by Crippen LogP contribution is 2.48. The second-order valence-corrected chi connectivity index (χ2v) is 3.83. The molecule has 64 valence electrons. The van der Waals surface area contributed by atoms with Gasteiger partial charge in [-0.25, -0.2) is 0 Å². The largest absolute Gasteiger partial charge is 0.380 e. The van der Waals surface area contributed by atoms with Gasteiger partial charge in [-0.2, -0.15) is 0 Å². The quantitative estimate of drug-likeness (QED) is 0.602. The van der Waals surface area contributed by atoms with Crippen LogP contribution in [0.1, 0.15) is 13.3 Å². The van der Waals surface area contributed by atoms with Gasteiger partial charge < -0.3 is 9.64 Å². The molecule has 11 heavy (non-hydrogen) atoms. The lowest BCUT2D eigenvalue weighted by molar-refractivity contribution is 0.0838. The summed E-state index contributed by atoms with van der Waals surface area (Å²) in [4.78, 5) is 2.45. The first-order valence-electron chi connectivity index (χ1n) is 4.61. The summed E-state index contributed by atoms with van der Waals surface area (Å²) in [5.74, 6) is 2.00. The van der Waals surface area contributed by atoms with Gasteiger partial charge in [-0.3, -0.25) is 0 Å². The molecule has 1 heterocycles. The zero-order valence-corrected chi connectivity index (χ0v) is 7.42. The van der Waals surface area contributed by atoms with Crippen LogP contribution in [0, 0.1) is 11.8 Å². The van der Waals surface area contributed by atoms with Crippen molar-refractivity contribution in [2.45, 2.75) is 19.4 Å². The highest BCUT2D eigenvalue weighted by atomic mass is 16.5. The van der Waals surface area contributed by atoms with Crippen molar-refractivity contribution in [3.63, 3.8) is 0 Å². The molecule has 3 unspecified atom stereocenters. The molecule has 0 aromatic heterocycles. The minimum atomic E-state index is 0.736. The maximum atomic E-state index is 5.44. The summed E-state index contributed by atoms with van der Waals surface area (Å²) in [5, 5.41) is 0. The van der Waals surface area contributed by atoms with E-state index in [1.165, 1.54) is 13.0 Å². The number of ether oxygens (including phenoxy) is 1. The number of hydrogen-bond donors (Lipinski definition) is 0. The summed E-state index contributed by atoms with van der Waals surface area (Å²) < 4.78 is 5.44. The van der Waals surface area contributed by atoms with Crippen LogP contribution in [0.15, 0.2) is 0 Å². The summed E-state index contributed by atoms with van der Waals surface area (Å²) >= 11 is 0. The Balaban J connectivity index is 1.81. The van der Waals surface area contributed by atoms with Crippen LogP contribution in [-0.4, -0.2) is 37.7 Å². The Morgan fingerprint density at radius 1 is 1.55 bits per heavy atom. The van der Waals surface area contributed by atoms with Crippen LogP contribution in [0.4, 0.5) is 0 Å². The Morgan fingerprint density at radius 3 is 2.91 bits per heavy atom. The molecule has 1 aliphatic carbocycles. The van der Waals surface area contributed by atoms with E-state index in [0.717, 1.165) is 31.1 Å². The van der Waals surface area contributed by atoms with Crippen molar-refractivity contribution < 1.29 is 4.74 Å². The van der Waals surface area contributed by atoms with E-state index in [1.54, 1.807) is 0 Å². The Morgan fingerprint density at radius 2 is 2.36 bits per heavy atom. The van der Waals surface area contributed by atoms with Crippen molar-refractivity contribution in [3.05, 3.63) is 0 Å². The third kappa shape index (κ3) is 1.30. The third-order valence-corrected chi connectivity index (χ3v) is 3.05. The van der Waals surface area contributed by atoms with Gasteiger partial charge in [-0.05, 0) is 32.2 Å². The van der Waals surface area contributed by atoms with Crippen LogP contribution < -0.4 is 0 Å². The van der Waals surface area contributed by atoms with Gasteiger partial charge in [0.05, 0.1) is 6.61 Å². The Labute approximate surface area is 68.5 Å². The number of likely N-dealkylation sites (N-methyl/N-ethyl adjacent to an activating group) is 1. The highest BCUT2D eigenvalue weighted by Gasteiger charge is 2.50. The number of nitrogens with zero attached hydrogens (tertiary/aromatic N) is 1. The average Bonchev–Trinajstić information content (AvgIpc) is 2.64. The SMILES string of the molecule is CCOCC1C2CC2CN1C. The zero-order chi connectivity index (χ0) is 7.84. The topological polar surface area (TPSA) is 12.5 Å². The fourth-order valence-electron chi connectivity index (χ4n) is 2.27. The van der Waals surface area contributed by atoms with Crippen molar-refractivity contribution >= 4 is 0 Å². The smallest absolute Gasteiger partial charge is 0.0624 e. The van der Waals surface area contributed by atoms with Gasteiger partial charge in [0.2, 0.25) is 0 Å². The summed E-state index contributed by atoms with van der Waals surface area (Å²) in [7, 11) is 2.22. The number of rotatable bonds is 3. The molecule has 0 radical (unpaired) electrons. The lowest BCUT2D eigenvalue weighted by Crippen LogP contribution is -2.33. The van der Waals surface area contributed by atoms with E-state index >= 15 is 0 Å². The molecular formula is C9H17NO. The van der Waals surface area contributed by atoms with Gasteiger partial charge in [-0.15, -0.1) is 0 Å². The van der Waals surface area contributed by atoms with Gasteiger partial charge >= 0.3 is 0 Å². The normalized spacial score (nSPS) is 42.5. The molecule has 0 amide bonds. The molecule has 2 rings (SSSR count). The first kappa shape index (κ1) is 7.56. The van der Waals surface area contributed by atoms with Crippen molar-refractivity contribution in [1.82, 2.24) is 4.90 Å². The van der Waals surface area contributed by atoms with Gasteiger partial charge in [0.1, 0.15) is 0 Å². The molecule has 0 aromatic carbocycles. The van der Waals surface area contributed by atoms with Crippen molar-refractivity contribution in [2.75, 3.05) is 26.8 Å². The molecule has 2 fully saturated rings.